The number of nitrogens with one attached hydrogen (secondary N) is 1. The second-order valence-corrected chi connectivity index (χ2v) is 4.76. The first-order valence-corrected chi connectivity index (χ1v) is 6.17. The largest absolute Gasteiger partial charge is 0.384 e. The molecule has 1 aromatic rings. The van der Waals surface area contributed by atoms with Gasteiger partial charge >= 0.3 is 0 Å². The Morgan fingerprint density at radius 2 is 2.29 bits per heavy atom. The maximum atomic E-state index is 11.8. The van der Waals surface area contributed by atoms with Crippen molar-refractivity contribution < 1.29 is 4.79 Å². The SMILES string of the molecule is Cc1cc(C(=O)NCCC2CCC2)cc(N)n1. The number of amides is 1. The van der Waals surface area contributed by atoms with Crippen molar-refractivity contribution in [1.29, 1.82) is 0 Å². The van der Waals surface area contributed by atoms with Crippen LogP contribution in [0.15, 0.2) is 12.1 Å². The molecule has 1 fully saturated rings. The number of nitrogen functional groups attached to an aromatic ring is 1. The number of pyridine rings is 1. The fourth-order valence-electron chi connectivity index (χ4n) is 2.10. The van der Waals surface area contributed by atoms with Gasteiger partial charge in [-0.1, -0.05) is 19.3 Å². The second kappa shape index (κ2) is 5.17. The van der Waals surface area contributed by atoms with E-state index in [1.165, 1.54) is 19.3 Å². The standard InChI is InChI=1S/C13H19N3O/c1-9-7-11(8-12(14)16-9)13(17)15-6-5-10-3-2-4-10/h7-8,10H,2-6H2,1H3,(H2,14,16)(H,15,17). The van der Waals surface area contributed by atoms with Crippen molar-refractivity contribution in [2.24, 2.45) is 5.92 Å². The zero-order chi connectivity index (χ0) is 12.3. The van der Waals surface area contributed by atoms with E-state index in [4.69, 9.17) is 5.73 Å². The molecule has 92 valence electrons. The first-order chi connectivity index (χ1) is 8.15. The number of nitrogens with two attached hydrogens (primary N) is 1. The summed E-state index contributed by atoms with van der Waals surface area (Å²) in [5.74, 6) is 1.16. The Morgan fingerprint density at radius 1 is 1.53 bits per heavy atom. The predicted octanol–water partition coefficient (Wildman–Crippen LogP) is 1.89. The zero-order valence-electron chi connectivity index (χ0n) is 10.2. The summed E-state index contributed by atoms with van der Waals surface area (Å²) in [6, 6.07) is 3.38. The number of carbonyl (C=O) groups excluding carboxylic acids is 1. The fourth-order valence-corrected chi connectivity index (χ4v) is 2.10. The molecular weight excluding hydrogens is 214 g/mol. The number of carbonyl (C=O) groups is 1. The van der Waals surface area contributed by atoms with Crippen molar-refractivity contribution >= 4 is 11.7 Å². The highest BCUT2D eigenvalue weighted by atomic mass is 16.1. The van der Waals surface area contributed by atoms with E-state index in [9.17, 15) is 4.79 Å². The monoisotopic (exact) mass is 233 g/mol. The molecule has 2 rings (SSSR count). The molecule has 1 aromatic heterocycles. The number of rotatable bonds is 4. The van der Waals surface area contributed by atoms with Crippen molar-refractivity contribution in [1.82, 2.24) is 10.3 Å². The van der Waals surface area contributed by atoms with Crippen LogP contribution in [0, 0.1) is 12.8 Å². The van der Waals surface area contributed by atoms with Gasteiger partial charge in [0.25, 0.3) is 5.91 Å². The Labute approximate surface area is 102 Å². The third-order valence-electron chi connectivity index (χ3n) is 3.30. The lowest BCUT2D eigenvalue weighted by molar-refractivity contribution is 0.0949. The number of hydrogen-bond donors (Lipinski definition) is 2. The predicted molar refractivity (Wildman–Crippen MR) is 67.7 cm³/mol. The highest BCUT2D eigenvalue weighted by Crippen LogP contribution is 2.28. The Kier molecular flexibility index (Phi) is 3.61. The van der Waals surface area contributed by atoms with Gasteiger partial charge in [0.15, 0.2) is 0 Å². The highest BCUT2D eigenvalue weighted by Gasteiger charge is 2.17. The molecule has 0 atom stereocenters. The minimum atomic E-state index is -0.0541. The van der Waals surface area contributed by atoms with E-state index >= 15 is 0 Å². The van der Waals surface area contributed by atoms with E-state index in [0.717, 1.165) is 24.6 Å². The molecule has 0 aliphatic heterocycles. The molecule has 0 saturated heterocycles. The van der Waals surface area contributed by atoms with Gasteiger partial charge in [0.1, 0.15) is 5.82 Å². The first kappa shape index (κ1) is 11.9. The molecule has 17 heavy (non-hydrogen) atoms. The van der Waals surface area contributed by atoms with Crippen molar-refractivity contribution in [3.8, 4) is 0 Å². The van der Waals surface area contributed by atoms with E-state index in [1.807, 2.05) is 6.92 Å². The zero-order valence-corrected chi connectivity index (χ0v) is 10.2. The van der Waals surface area contributed by atoms with Gasteiger partial charge in [-0.25, -0.2) is 4.98 Å². The van der Waals surface area contributed by atoms with Crippen molar-refractivity contribution in [3.63, 3.8) is 0 Å². The summed E-state index contributed by atoms with van der Waals surface area (Å²) in [6.45, 7) is 2.59. The summed E-state index contributed by atoms with van der Waals surface area (Å²) in [6.07, 6.45) is 5.07. The highest BCUT2D eigenvalue weighted by molar-refractivity contribution is 5.94. The quantitative estimate of drug-likeness (QED) is 0.834. The summed E-state index contributed by atoms with van der Waals surface area (Å²) in [5.41, 5.74) is 6.99. The van der Waals surface area contributed by atoms with Crippen LogP contribution in [0.25, 0.3) is 0 Å². The maximum Gasteiger partial charge on any atom is 0.251 e. The van der Waals surface area contributed by atoms with Gasteiger partial charge in [0.2, 0.25) is 0 Å². The minimum Gasteiger partial charge on any atom is -0.384 e. The average molecular weight is 233 g/mol. The molecule has 4 heteroatoms. The van der Waals surface area contributed by atoms with Crippen LogP contribution >= 0.6 is 0 Å². The van der Waals surface area contributed by atoms with Crippen molar-refractivity contribution in [2.45, 2.75) is 32.6 Å². The Bertz CT molecular complexity index is 393. The first-order valence-electron chi connectivity index (χ1n) is 6.17. The summed E-state index contributed by atoms with van der Waals surface area (Å²) >= 11 is 0. The van der Waals surface area contributed by atoms with Gasteiger partial charge in [-0.3, -0.25) is 4.79 Å². The molecular formula is C13H19N3O. The third-order valence-corrected chi connectivity index (χ3v) is 3.30. The molecule has 0 spiro atoms. The minimum absolute atomic E-state index is 0.0541. The molecule has 1 amide bonds. The van der Waals surface area contributed by atoms with Gasteiger partial charge in [0, 0.05) is 17.8 Å². The number of nitrogens with zero attached hydrogens (tertiary/aromatic N) is 1. The normalized spacial score (nSPS) is 15.4. The van der Waals surface area contributed by atoms with Gasteiger partial charge in [0.05, 0.1) is 0 Å². The van der Waals surface area contributed by atoms with E-state index in [0.29, 0.717) is 11.4 Å². The lowest BCUT2D eigenvalue weighted by Crippen LogP contribution is -2.27. The summed E-state index contributed by atoms with van der Waals surface area (Å²) in [5, 5.41) is 2.93. The van der Waals surface area contributed by atoms with Crippen LogP contribution in [0.3, 0.4) is 0 Å². The number of aromatic nitrogens is 1. The van der Waals surface area contributed by atoms with Gasteiger partial charge in [-0.05, 0) is 31.4 Å². The number of aryl methyl sites for hydroxylation is 1. The van der Waals surface area contributed by atoms with Gasteiger partial charge in [-0.15, -0.1) is 0 Å². The van der Waals surface area contributed by atoms with Crippen LogP contribution in [0.1, 0.15) is 41.7 Å². The molecule has 0 bridgehead atoms. The fraction of sp³-hybridized carbons (Fsp3) is 0.538. The van der Waals surface area contributed by atoms with Crippen LogP contribution in [-0.2, 0) is 0 Å². The van der Waals surface area contributed by atoms with Crippen LogP contribution < -0.4 is 11.1 Å². The Balaban J connectivity index is 1.85. The molecule has 1 aliphatic carbocycles. The van der Waals surface area contributed by atoms with E-state index in [2.05, 4.69) is 10.3 Å². The number of hydrogen-bond acceptors (Lipinski definition) is 3. The second-order valence-electron chi connectivity index (χ2n) is 4.76. The lowest BCUT2D eigenvalue weighted by atomic mass is 9.83. The maximum absolute atomic E-state index is 11.8. The van der Waals surface area contributed by atoms with Crippen molar-refractivity contribution in [3.05, 3.63) is 23.4 Å². The molecule has 0 unspecified atom stereocenters. The topological polar surface area (TPSA) is 68.0 Å². The molecule has 3 N–H and O–H groups in total. The summed E-state index contributed by atoms with van der Waals surface area (Å²) < 4.78 is 0. The average Bonchev–Trinajstić information content (AvgIpc) is 2.20. The van der Waals surface area contributed by atoms with Crippen LogP contribution in [-0.4, -0.2) is 17.4 Å². The van der Waals surface area contributed by atoms with Crippen LogP contribution in [0.2, 0.25) is 0 Å². The summed E-state index contributed by atoms with van der Waals surface area (Å²) in [7, 11) is 0. The van der Waals surface area contributed by atoms with Gasteiger partial charge in [-0.2, -0.15) is 0 Å². The molecule has 1 heterocycles. The third kappa shape index (κ3) is 3.19. The van der Waals surface area contributed by atoms with E-state index in [1.54, 1.807) is 12.1 Å². The molecule has 4 nitrogen and oxygen atoms in total. The number of anilines is 1. The van der Waals surface area contributed by atoms with E-state index < -0.39 is 0 Å². The molecule has 0 aromatic carbocycles. The molecule has 1 saturated carbocycles. The van der Waals surface area contributed by atoms with Crippen LogP contribution in [0.4, 0.5) is 5.82 Å². The Hall–Kier alpha value is -1.58. The smallest absolute Gasteiger partial charge is 0.251 e. The van der Waals surface area contributed by atoms with Crippen molar-refractivity contribution in [2.75, 3.05) is 12.3 Å². The lowest BCUT2D eigenvalue weighted by Gasteiger charge is -2.25. The van der Waals surface area contributed by atoms with Gasteiger partial charge < -0.3 is 11.1 Å². The Morgan fingerprint density at radius 3 is 2.88 bits per heavy atom. The van der Waals surface area contributed by atoms with Crippen LogP contribution in [0.5, 0.6) is 0 Å². The molecule has 1 aliphatic rings. The summed E-state index contributed by atoms with van der Waals surface area (Å²) in [4.78, 5) is 15.9. The molecule has 0 radical (unpaired) electrons. The van der Waals surface area contributed by atoms with E-state index in [-0.39, 0.29) is 5.91 Å².